The zero-order valence-corrected chi connectivity index (χ0v) is 37.5. The van der Waals surface area contributed by atoms with Gasteiger partial charge in [-0.15, -0.1) is 10.9 Å². The number of hydrogen-bond donors (Lipinski definition) is 0. The van der Waals surface area contributed by atoms with E-state index in [2.05, 4.69) is 162 Å². The first kappa shape index (κ1) is 42.6. The van der Waals surface area contributed by atoms with Gasteiger partial charge < -0.3 is 9.13 Å². The lowest BCUT2D eigenvalue weighted by atomic mass is 9.64. The van der Waals surface area contributed by atoms with Gasteiger partial charge in [-0.2, -0.15) is 0 Å². The Balaban J connectivity index is 1.07. The summed E-state index contributed by atoms with van der Waals surface area (Å²) in [6.45, 7) is 0. The molecule has 0 aliphatic carbocycles. The molecule has 0 fully saturated rings. The van der Waals surface area contributed by atoms with Crippen LogP contribution in [0, 0.1) is 0 Å². The minimum absolute atomic E-state index is 0.170. The monoisotopic (exact) mass is 858 g/mol. The van der Waals surface area contributed by atoms with E-state index >= 15 is 0 Å². The molecule has 0 saturated heterocycles. The fourth-order valence-corrected chi connectivity index (χ4v) is 10.4. The van der Waals surface area contributed by atoms with E-state index in [1.807, 2.05) is 47.0 Å². The Kier molecular flexibility index (Phi) is 10.4. The van der Waals surface area contributed by atoms with Crippen molar-refractivity contribution in [1.82, 2.24) is 9.13 Å². The zero-order valence-electron chi connectivity index (χ0n) is 37.5. The van der Waals surface area contributed by atoms with Crippen LogP contribution in [0.1, 0.15) is 0 Å². The predicted molar refractivity (Wildman–Crippen MR) is 300 cm³/mol. The van der Waals surface area contributed by atoms with Crippen molar-refractivity contribution in [2.24, 2.45) is 0 Å². The molecule has 2 heterocycles. The third kappa shape index (κ3) is 6.81. The van der Waals surface area contributed by atoms with Gasteiger partial charge in [0.1, 0.15) is 54.9 Å². The van der Waals surface area contributed by atoms with Crippen molar-refractivity contribution in [2.45, 2.75) is 0 Å². The lowest BCUT2D eigenvalue weighted by molar-refractivity contribution is 1.18. The Morgan fingerprint density at radius 3 is 1.36 bits per heavy atom. The van der Waals surface area contributed by atoms with Gasteiger partial charge in [-0.3, -0.25) is 0 Å². The first-order valence-corrected chi connectivity index (χ1v) is 22.8. The van der Waals surface area contributed by atoms with Gasteiger partial charge in [0.25, 0.3) is 0 Å². The predicted octanol–water partition coefficient (Wildman–Crippen LogP) is 7.77. The highest BCUT2D eigenvalue weighted by molar-refractivity contribution is 6.69. The van der Waals surface area contributed by atoms with Gasteiger partial charge in [-0.05, 0) is 103 Å². The summed E-state index contributed by atoms with van der Waals surface area (Å²) in [5.74, 6) is 0. The summed E-state index contributed by atoms with van der Waals surface area (Å²) in [5, 5.41) is 3.22. The summed E-state index contributed by atoms with van der Waals surface area (Å²) in [6.07, 6.45) is 0. The molecule has 69 heavy (non-hydrogen) atoms. The molecule has 0 amide bonds. The van der Waals surface area contributed by atoms with Crippen LogP contribution < -0.4 is 38.2 Å². The van der Waals surface area contributed by atoms with Crippen LogP contribution in [-0.4, -0.2) is 64.1 Å². The Hall–Kier alpha value is -7.75. The molecule has 0 spiro atoms. The number of fused-ring (bicyclic) bond motifs is 6. The van der Waals surface area contributed by atoms with E-state index in [-0.39, 0.29) is 21.9 Å². The molecule has 12 aromatic rings. The molecule has 10 aromatic carbocycles. The quantitative estimate of drug-likeness (QED) is 0.145. The highest BCUT2D eigenvalue weighted by atomic mass is 15.0. The first-order valence-electron chi connectivity index (χ1n) is 22.8. The molecule has 0 N–H and O–H groups in total. The number of aromatic nitrogens is 2. The van der Waals surface area contributed by atoms with E-state index in [0.29, 0.717) is 43.8 Å². The highest BCUT2D eigenvalue weighted by Gasteiger charge is 2.25. The smallest absolute Gasteiger partial charge is 0.115 e. The van der Waals surface area contributed by atoms with Crippen molar-refractivity contribution in [3.8, 4) is 67.0 Å². The van der Waals surface area contributed by atoms with Crippen LogP contribution in [0.15, 0.2) is 200 Å². The normalized spacial score (nSPS) is 11.6. The SMILES string of the molecule is [B]c1c([B])c([B])c2c(c1[B])c1c([B])c(-c3ccc4c(c3)c3c(-c5ccccc5)cccc3n4-c3cccc(-c4ccccc4)c3)c([B])c([B])c1n2-c1ccc(-c2ccc(-c3ccccc3)cc2)cc1. The van der Waals surface area contributed by atoms with Crippen molar-refractivity contribution < 1.29 is 0 Å². The minimum Gasteiger partial charge on any atom is -0.311 e. The molecular formula is C60H33B7N2. The minimum atomic E-state index is 0.170. The topological polar surface area (TPSA) is 9.86 Å². The average Bonchev–Trinajstić information content (AvgIpc) is 3.94. The van der Waals surface area contributed by atoms with Crippen LogP contribution in [0.4, 0.5) is 0 Å². The van der Waals surface area contributed by atoms with Crippen LogP contribution in [0.5, 0.6) is 0 Å². The lowest BCUT2D eigenvalue weighted by Gasteiger charge is -2.19. The summed E-state index contributed by atoms with van der Waals surface area (Å²) in [6, 6.07) is 69.4. The zero-order chi connectivity index (χ0) is 47.1. The van der Waals surface area contributed by atoms with Gasteiger partial charge in [0, 0.05) is 38.6 Å². The summed E-state index contributed by atoms with van der Waals surface area (Å²) in [7, 11) is 49.1. The maximum Gasteiger partial charge on any atom is 0.115 e. The summed E-state index contributed by atoms with van der Waals surface area (Å²) in [5.41, 5.74) is 17.0. The van der Waals surface area contributed by atoms with Crippen LogP contribution in [-0.2, 0) is 0 Å². The molecule has 2 aromatic heterocycles. The average molecular weight is 858 g/mol. The van der Waals surface area contributed by atoms with Gasteiger partial charge >= 0.3 is 0 Å². The standard InChI is InChI=1S/C60H33B7N2/c61-52-48(41-28-31-46-45(33-41)49-44(39-16-8-3-9-17-39)20-11-21-47(49)68(46)43-19-10-18-40(32-43)35-14-6-2-7-15-35)53(62)57(66)59-50(52)51-54(63)55(64)56(65)58(67)60(51)69(59)42-29-26-38(27-30-42)37-24-22-36(23-25-37)34-12-4-1-5-13-34/h1-33H. The summed E-state index contributed by atoms with van der Waals surface area (Å²) < 4.78 is 4.28. The molecule has 0 aliphatic rings. The van der Waals surface area contributed by atoms with Gasteiger partial charge in [0.05, 0.1) is 11.0 Å². The van der Waals surface area contributed by atoms with Gasteiger partial charge in [-0.25, -0.2) is 0 Å². The molecule has 9 heteroatoms. The van der Waals surface area contributed by atoms with Gasteiger partial charge in [0.2, 0.25) is 0 Å². The molecule has 0 bridgehead atoms. The van der Waals surface area contributed by atoms with E-state index in [4.69, 9.17) is 54.9 Å². The van der Waals surface area contributed by atoms with Gasteiger partial charge in [0.15, 0.2) is 0 Å². The first-order chi connectivity index (χ1) is 33.7. The second-order valence-electron chi connectivity index (χ2n) is 17.6. The molecule has 304 valence electrons. The Labute approximate surface area is 410 Å². The van der Waals surface area contributed by atoms with E-state index < -0.39 is 0 Å². The number of nitrogens with zero attached hydrogens (tertiary/aromatic N) is 2. The second-order valence-corrected chi connectivity index (χ2v) is 17.6. The summed E-state index contributed by atoms with van der Waals surface area (Å²) >= 11 is 0. The van der Waals surface area contributed by atoms with Crippen molar-refractivity contribution in [1.29, 1.82) is 0 Å². The van der Waals surface area contributed by atoms with E-state index in [0.717, 1.165) is 83.3 Å². The van der Waals surface area contributed by atoms with Gasteiger partial charge in [-0.1, -0.05) is 185 Å². The number of rotatable bonds is 7. The van der Waals surface area contributed by atoms with Crippen LogP contribution in [0.2, 0.25) is 0 Å². The third-order valence-corrected chi connectivity index (χ3v) is 13.7. The molecule has 0 unspecified atom stereocenters. The van der Waals surface area contributed by atoms with Crippen molar-refractivity contribution in [3.05, 3.63) is 200 Å². The Morgan fingerprint density at radius 2 is 0.739 bits per heavy atom. The van der Waals surface area contributed by atoms with Crippen molar-refractivity contribution >= 4 is 137 Å². The number of hydrogen-bond acceptors (Lipinski definition) is 0. The fraction of sp³-hybridized carbons (Fsp3) is 0. The van der Waals surface area contributed by atoms with Crippen LogP contribution in [0.3, 0.4) is 0 Å². The molecular weight excluding hydrogens is 824 g/mol. The largest absolute Gasteiger partial charge is 0.311 e. The fourth-order valence-electron chi connectivity index (χ4n) is 10.4. The van der Waals surface area contributed by atoms with E-state index in [1.54, 1.807) is 0 Å². The molecule has 2 nitrogen and oxygen atoms in total. The molecule has 0 aliphatic heterocycles. The molecule has 14 radical (unpaired) electrons. The summed E-state index contributed by atoms with van der Waals surface area (Å²) in [4.78, 5) is 0. The van der Waals surface area contributed by atoms with Crippen molar-refractivity contribution in [3.63, 3.8) is 0 Å². The number of benzene rings is 10. The molecule has 0 saturated carbocycles. The molecule has 12 rings (SSSR count). The molecule has 0 atom stereocenters. The van der Waals surface area contributed by atoms with Crippen molar-refractivity contribution in [2.75, 3.05) is 0 Å². The third-order valence-electron chi connectivity index (χ3n) is 13.7. The van der Waals surface area contributed by atoms with Crippen LogP contribution >= 0.6 is 0 Å². The van der Waals surface area contributed by atoms with E-state index in [9.17, 15) is 0 Å². The maximum absolute atomic E-state index is 7.46. The van der Waals surface area contributed by atoms with Crippen LogP contribution in [0.25, 0.3) is 111 Å². The maximum atomic E-state index is 7.46. The second kappa shape index (κ2) is 16.8. The Bertz CT molecular complexity index is 3990. The Morgan fingerprint density at radius 1 is 0.261 bits per heavy atom. The highest BCUT2D eigenvalue weighted by Crippen LogP contribution is 2.41. The lowest BCUT2D eigenvalue weighted by Crippen LogP contribution is -2.48. The van der Waals surface area contributed by atoms with E-state index in [1.165, 1.54) is 0 Å².